The van der Waals surface area contributed by atoms with E-state index in [2.05, 4.69) is 16.7 Å². The SMILES string of the molecule is CCOc1cccc(=[N+]2CCOCC2)c2c(C)oc(C)c12.[O-][Cl+3]([O-])([O-])[O-]. The lowest BCUT2D eigenvalue weighted by atomic mass is 10.2. The zero-order valence-electron chi connectivity index (χ0n) is 15.0. The summed E-state index contributed by atoms with van der Waals surface area (Å²) in [6, 6.07) is 6.24. The number of hydrogen-bond acceptors (Lipinski definition) is 7. The van der Waals surface area contributed by atoms with E-state index >= 15 is 0 Å². The number of furan rings is 1. The van der Waals surface area contributed by atoms with Crippen molar-refractivity contribution < 1.29 is 42.8 Å². The summed E-state index contributed by atoms with van der Waals surface area (Å²) in [5.41, 5.74) is 0. The lowest BCUT2D eigenvalue weighted by molar-refractivity contribution is -2.00. The molecule has 0 aliphatic carbocycles. The molecule has 9 heteroatoms. The van der Waals surface area contributed by atoms with E-state index in [0.717, 1.165) is 54.3 Å². The van der Waals surface area contributed by atoms with Crippen LogP contribution in [0.5, 0.6) is 5.75 Å². The second-order valence-corrected chi connectivity index (χ2v) is 6.41. The van der Waals surface area contributed by atoms with Crippen molar-refractivity contribution in [1.82, 2.24) is 4.58 Å². The molecule has 1 saturated heterocycles. The van der Waals surface area contributed by atoms with Crippen LogP contribution in [0.2, 0.25) is 0 Å². The Balaban J connectivity index is 0.000000431. The molecule has 0 spiro atoms. The number of aryl methyl sites for hydroxylation is 2. The second kappa shape index (κ2) is 8.81. The first kappa shape index (κ1) is 20.6. The molecule has 1 aliphatic heterocycles. The van der Waals surface area contributed by atoms with Crippen LogP contribution in [0, 0.1) is 24.1 Å². The number of rotatable bonds is 2. The van der Waals surface area contributed by atoms with Gasteiger partial charge in [0, 0.05) is 6.07 Å². The van der Waals surface area contributed by atoms with Crippen molar-refractivity contribution in [3.8, 4) is 5.75 Å². The van der Waals surface area contributed by atoms with Crippen molar-refractivity contribution in [2.75, 3.05) is 32.9 Å². The first-order valence-electron chi connectivity index (χ1n) is 8.15. The predicted octanol–water partition coefficient (Wildman–Crippen LogP) is -2.51. The normalized spacial score (nSPS) is 14.8. The lowest BCUT2D eigenvalue weighted by Crippen LogP contribution is -2.68. The van der Waals surface area contributed by atoms with Gasteiger partial charge in [-0.05, 0) is 26.8 Å². The molecule has 1 aromatic heterocycles. The topological polar surface area (TPSA) is 127 Å². The maximum absolute atomic E-state index is 8.49. The van der Waals surface area contributed by atoms with Gasteiger partial charge >= 0.3 is 0 Å². The lowest BCUT2D eigenvalue weighted by Gasteiger charge is -2.17. The Kier molecular flexibility index (Phi) is 6.99. The predicted molar refractivity (Wildman–Crippen MR) is 82.7 cm³/mol. The van der Waals surface area contributed by atoms with E-state index in [9.17, 15) is 0 Å². The highest BCUT2D eigenvalue weighted by Gasteiger charge is 2.19. The molecule has 144 valence electrons. The van der Waals surface area contributed by atoms with Crippen LogP contribution in [0.1, 0.15) is 18.4 Å². The first-order chi connectivity index (χ1) is 12.2. The van der Waals surface area contributed by atoms with Gasteiger partial charge in [-0.1, -0.05) is 6.07 Å². The molecule has 0 saturated carbocycles. The van der Waals surface area contributed by atoms with Crippen molar-refractivity contribution in [2.24, 2.45) is 0 Å². The molecular weight excluding hydrogens is 366 g/mol. The monoisotopic (exact) mass is 387 g/mol. The second-order valence-electron chi connectivity index (χ2n) is 5.65. The van der Waals surface area contributed by atoms with E-state index in [1.54, 1.807) is 0 Å². The fourth-order valence-corrected chi connectivity index (χ4v) is 3.03. The number of hydrogen-bond donors (Lipinski definition) is 0. The molecule has 1 aromatic carbocycles. The average Bonchev–Trinajstić information content (AvgIpc) is 2.73. The van der Waals surface area contributed by atoms with E-state index in [0.29, 0.717) is 6.61 Å². The summed E-state index contributed by atoms with van der Waals surface area (Å²) in [6.45, 7) is 10.0. The van der Waals surface area contributed by atoms with Gasteiger partial charge in [0.25, 0.3) is 0 Å². The zero-order valence-corrected chi connectivity index (χ0v) is 15.7. The van der Waals surface area contributed by atoms with Crippen molar-refractivity contribution in [3.63, 3.8) is 0 Å². The van der Waals surface area contributed by atoms with Crippen LogP contribution in [0.3, 0.4) is 0 Å². The molecule has 0 bridgehead atoms. The summed E-state index contributed by atoms with van der Waals surface area (Å²) < 4.78 is 53.5. The van der Waals surface area contributed by atoms with E-state index in [-0.39, 0.29) is 0 Å². The zero-order chi connectivity index (χ0) is 19.3. The van der Waals surface area contributed by atoms with Crippen LogP contribution >= 0.6 is 0 Å². The minimum absolute atomic E-state index is 0.648. The summed E-state index contributed by atoms with van der Waals surface area (Å²) in [5.74, 6) is 2.75. The van der Waals surface area contributed by atoms with Crippen LogP contribution in [0.25, 0.3) is 10.8 Å². The molecule has 8 nitrogen and oxygen atoms in total. The Hall–Kier alpha value is -1.68. The molecule has 3 rings (SSSR count). The summed E-state index contributed by atoms with van der Waals surface area (Å²) in [4.78, 5) is 0. The molecule has 1 aliphatic rings. The van der Waals surface area contributed by atoms with Crippen molar-refractivity contribution in [3.05, 3.63) is 35.1 Å². The smallest absolute Gasteiger partial charge is 0.211 e. The Morgan fingerprint density at radius 1 is 1.04 bits per heavy atom. The number of morpholine rings is 1. The van der Waals surface area contributed by atoms with Crippen LogP contribution in [0.15, 0.2) is 22.6 Å². The van der Waals surface area contributed by atoms with Gasteiger partial charge in [-0.2, -0.15) is 0 Å². The third-order valence-corrected chi connectivity index (χ3v) is 3.92. The Labute approximate surface area is 153 Å². The van der Waals surface area contributed by atoms with Gasteiger partial charge in [0.05, 0.1) is 17.4 Å². The van der Waals surface area contributed by atoms with Crippen LogP contribution < -0.4 is 33.3 Å². The Morgan fingerprint density at radius 3 is 2.19 bits per heavy atom. The van der Waals surface area contributed by atoms with Crippen molar-refractivity contribution in [1.29, 1.82) is 0 Å². The van der Waals surface area contributed by atoms with Gasteiger partial charge in [0.15, 0.2) is 13.1 Å². The number of fused-ring (bicyclic) bond motifs is 1. The summed E-state index contributed by atoms with van der Waals surface area (Å²) in [5, 5.41) is 3.44. The molecule has 0 unspecified atom stereocenters. The largest absolute Gasteiger partial charge is 0.493 e. The number of nitrogens with zero attached hydrogens (tertiary/aromatic N) is 1. The average molecular weight is 388 g/mol. The molecule has 26 heavy (non-hydrogen) atoms. The highest BCUT2D eigenvalue weighted by molar-refractivity contribution is 5.91. The molecule has 2 aromatic rings. The number of halogens is 1. The highest BCUT2D eigenvalue weighted by atomic mass is 35.7. The van der Waals surface area contributed by atoms with E-state index in [1.165, 1.54) is 5.36 Å². The van der Waals surface area contributed by atoms with Crippen LogP contribution in [0.4, 0.5) is 0 Å². The van der Waals surface area contributed by atoms with Gasteiger partial charge in [-0.15, -0.1) is 10.2 Å². The molecule has 0 amide bonds. The minimum Gasteiger partial charge on any atom is -0.493 e. The summed E-state index contributed by atoms with van der Waals surface area (Å²) >= 11 is 0. The molecule has 0 radical (unpaired) electrons. The Morgan fingerprint density at radius 2 is 1.62 bits per heavy atom. The van der Waals surface area contributed by atoms with Gasteiger partial charge in [-0.3, -0.25) is 0 Å². The minimum atomic E-state index is -4.94. The fourth-order valence-electron chi connectivity index (χ4n) is 3.03. The molecule has 0 N–H and O–H groups in total. The van der Waals surface area contributed by atoms with E-state index < -0.39 is 10.2 Å². The van der Waals surface area contributed by atoms with Crippen molar-refractivity contribution >= 4 is 10.8 Å². The summed E-state index contributed by atoms with van der Waals surface area (Å²) in [7, 11) is -4.94. The summed E-state index contributed by atoms with van der Waals surface area (Å²) in [6.07, 6.45) is 0. The van der Waals surface area contributed by atoms with E-state index in [4.69, 9.17) is 32.5 Å². The van der Waals surface area contributed by atoms with Gasteiger partial charge in [-0.25, -0.2) is 23.2 Å². The number of ether oxygens (including phenoxy) is 2. The van der Waals surface area contributed by atoms with Gasteiger partial charge < -0.3 is 13.9 Å². The maximum Gasteiger partial charge on any atom is 0.211 e. The van der Waals surface area contributed by atoms with Crippen LogP contribution in [-0.2, 0) is 4.74 Å². The molecule has 2 heterocycles. The van der Waals surface area contributed by atoms with Gasteiger partial charge in [0.1, 0.15) is 30.5 Å². The standard InChI is InChI=1S/C17H22NO3.ClHO4/c1-4-20-15-7-5-6-14(18-8-10-19-11-9-18)16-12(2)21-13(3)17(15)16;2-1(3,4)5/h5-7H,4,8-11H2,1-3H3;(H,2,3,4,5)/q+1;/p-1. The third kappa shape index (κ3) is 5.41. The molecular formula is C17H22ClNO7. The van der Waals surface area contributed by atoms with Gasteiger partial charge in [0.2, 0.25) is 5.36 Å². The third-order valence-electron chi connectivity index (χ3n) is 3.92. The van der Waals surface area contributed by atoms with Crippen molar-refractivity contribution in [2.45, 2.75) is 20.8 Å². The molecule has 0 atom stereocenters. The quantitative estimate of drug-likeness (QED) is 0.521. The van der Waals surface area contributed by atoms with Crippen LogP contribution in [-0.4, -0.2) is 32.9 Å². The Bertz CT molecular complexity index is 812. The molecule has 1 fully saturated rings. The first-order valence-corrected chi connectivity index (χ1v) is 9.39. The maximum atomic E-state index is 8.49. The van der Waals surface area contributed by atoms with E-state index in [1.807, 2.05) is 26.8 Å². The highest BCUT2D eigenvalue weighted by Crippen LogP contribution is 2.30. The fraction of sp³-hybridized carbons (Fsp3) is 0.471.